The van der Waals surface area contributed by atoms with Gasteiger partial charge in [-0.05, 0) is 37.5 Å². The predicted molar refractivity (Wildman–Crippen MR) is 132 cm³/mol. The number of esters is 1. The number of ether oxygens (including phenoxy) is 3. The quantitative estimate of drug-likeness (QED) is 0.260. The molecule has 2 unspecified atom stereocenters. The summed E-state index contributed by atoms with van der Waals surface area (Å²) in [4.78, 5) is 15.7. The highest BCUT2D eigenvalue weighted by Crippen LogP contribution is 2.37. The number of nitriles is 1. The Hall–Kier alpha value is -4.26. The number of nitrogens with zero attached hydrogens (tertiary/aromatic N) is 2. The smallest absolute Gasteiger partial charge is 0.311 e. The molecule has 3 aromatic rings. The normalized spacial score (nSPS) is 16.8. The number of benzene rings is 2. The molecule has 0 spiro atoms. The molecule has 1 saturated carbocycles. The molecule has 1 N–H and O–H groups in total. The molecule has 2 aromatic carbocycles. The highest BCUT2D eigenvalue weighted by Gasteiger charge is 2.34. The summed E-state index contributed by atoms with van der Waals surface area (Å²) in [6.07, 6.45) is 2.38. The zero-order chi connectivity index (χ0) is 27.1. The minimum atomic E-state index is -1.59. The van der Waals surface area contributed by atoms with Crippen LogP contribution in [0, 0.1) is 34.8 Å². The van der Waals surface area contributed by atoms with E-state index >= 15 is 4.39 Å². The Bertz CT molecular complexity index is 1330. The van der Waals surface area contributed by atoms with Gasteiger partial charge in [0.1, 0.15) is 12.3 Å². The number of aromatic nitrogens is 1. The van der Waals surface area contributed by atoms with Crippen LogP contribution in [-0.4, -0.2) is 23.6 Å². The van der Waals surface area contributed by atoms with Gasteiger partial charge in [-0.25, -0.2) is 0 Å². The number of anilines is 1. The molecule has 0 amide bonds. The van der Waals surface area contributed by atoms with Crippen molar-refractivity contribution in [3.05, 3.63) is 77.2 Å². The first kappa shape index (κ1) is 26.8. The van der Waals surface area contributed by atoms with Gasteiger partial charge in [-0.2, -0.15) is 23.4 Å². The highest BCUT2D eigenvalue weighted by molar-refractivity contribution is 5.74. The molecule has 1 aliphatic carbocycles. The van der Waals surface area contributed by atoms with E-state index in [4.69, 9.17) is 14.2 Å². The van der Waals surface area contributed by atoms with Crippen molar-refractivity contribution in [1.82, 2.24) is 4.98 Å². The summed E-state index contributed by atoms with van der Waals surface area (Å²) >= 11 is 0. The molecule has 10 heteroatoms. The van der Waals surface area contributed by atoms with Gasteiger partial charge in [0.2, 0.25) is 11.6 Å². The van der Waals surface area contributed by atoms with Crippen LogP contribution in [0.15, 0.2) is 48.5 Å². The molecule has 38 heavy (non-hydrogen) atoms. The summed E-state index contributed by atoms with van der Waals surface area (Å²) < 4.78 is 61.2. The predicted octanol–water partition coefficient (Wildman–Crippen LogP) is 6.28. The fraction of sp³-hybridized carbons (Fsp3) is 0.321. The molecule has 2 atom stereocenters. The van der Waals surface area contributed by atoms with Gasteiger partial charge in [-0.3, -0.25) is 4.79 Å². The van der Waals surface area contributed by atoms with E-state index in [9.17, 15) is 18.8 Å². The van der Waals surface area contributed by atoms with Crippen molar-refractivity contribution in [2.45, 2.75) is 45.3 Å². The van der Waals surface area contributed by atoms with Crippen molar-refractivity contribution in [2.24, 2.45) is 5.92 Å². The van der Waals surface area contributed by atoms with E-state index in [1.165, 1.54) is 18.2 Å². The van der Waals surface area contributed by atoms with Crippen LogP contribution in [0.3, 0.4) is 0 Å². The number of hydrogen-bond acceptors (Lipinski definition) is 7. The molecule has 1 aromatic heterocycles. The Kier molecular flexibility index (Phi) is 8.69. The molecule has 1 heterocycles. The van der Waals surface area contributed by atoms with E-state index in [0.29, 0.717) is 12.8 Å². The van der Waals surface area contributed by atoms with Gasteiger partial charge in [0.05, 0.1) is 24.2 Å². The lowest BCUT2D eigenvalue weighted by atomic mass is 9.84. The third-order valence-electron chi connectivity index (χ3n) is 6.21. The second-order valence-electron chi connectivity index (χ2n) is 8.75. The van der Waals surface area contributed by atoms with E-state index in [2.05, 4.69) is 10.3 Å². The van der Waals surface area contributed by atoms with Crippen molar-refractivity contribution in [2.75, 3.05) is 11.9 Å². The Morgan fingerprint density at radius 1 is 1.08 bits per heavy atom. The van der Waals surface area contributed by atoms with Crippen molar-refractivity contribution >= 4 is 11.7 Å². The molecule has 0 bridgehead atoms. The summed E-state index contributed by atoms with van der Waals surface area (Å²) in [5.74, 6) is -6.35. The second-order valence-corrected chi connectivity index (χ2v) is 8.75. The monoisotopic (exact) mass is 525 g/mol. The van der Waals surface area contributed by atoms with Crippen molar-refractivity contribution in [3.8, 4) is 23.4 Å². The average Bonchev–Trinajstić information content (AvgIpc) is 2.94. The Balaban J connectivity index is 1.63. The van der Waals surface area contributed by atoms with Crippen molar-refractivity contribution in [1.29, 1.82) is 5.26 Å². The lowest BCUT2D eigenvalue weighted by Crippen LogP contribution is -2.38. The van der Waals surface area contributed by atoms with Crippen molar-refractivity contribution < 1.29 is 32.2 Å². The zero-order valence-electron chi connectivity index (χ0n) is 20.7. The molecule has 4 rings (SSSR count). The van der Waals surface area contributed by atoms with Crippen LogP contribution in [0.2, 0.25) is 0 Å². The van der Waals surface area contributed by atoms with Crippen LogP contribution < -0.4 is 14.8 Å². The summed E-state index contributed by atoms with van der Waals surface area (Å²) in [7, 11) is 0. The van der Waals surface area contributed by atoms with E-state index in [1.54, 1.807) is 6.92 Å². The minimum absolute atomic E-state index is 0.106. The van der Waals surface area contributed by atoms with Gasteiger partial charge in [0.15, 0.2) is 11.5 Å². The second kappa shape index (κ2) is 12.3. The maximum Gasteiger partial charge on any atom is 0.311 e. The topological polar surface area (TPSA) is 93.5 Å². The number of nitrogens with one attached hydrogen (secondary N) is 1. The number of hydrogen-bond donors (Lipinski definition) is 1. The van der Waals surface area contributed by atoms with Gasteiger partial charge in [0, 0.05) is 12.1 Å². The standard InChI is InChI=1S/C28H26F3N3O4/c1-2-36-28(35)19-10-6-7-11-20(19)33-25-23(29)26(31)34-27(24(25)30)38-22-14-18(15-32)12-13-21(22)37-16-17-8-4-3-5-9-17/h3-5,8-9,12-14,19-20H,2,6-7,10-11,16H2,1H3,(H,33,34). The maximum absolute atomic E-state index is 15.5. The van der Waals surface area contributed by atoms with Gasteiger partial charge in [0.25, 0.3) is 11.8 Å². The summed E-state index contributed by atoms with van der Waals surface area (Å²) in [5.41, 5.74) is 0.222. The van der Waals surface area contributed by atoms with Crippen LogP contribution in [0.1, 0.15) is 43.7 Å². The summed E-state index contributed by atoms with van der Waals surface area (Å²) in [5, 5.41) is 12.0. The largest absolute Gasteiger partial charge is 0.485 e. The number of carbonyl (C=O) groups is 1. The Morgan fingerprint density at radius 3 is 2.58 bits per heavy atom. The van der Waals surface area contributed by atoms with Crippen LogP contribution >= 0.6 is 0 Å². The fourth-order valence-corrected chi connectivity index (χ4v) is 4.32. The van der Waals surface area contributed by atoms with E-state index in [1.807, 2.05) is 36.4 Å². The molecular weight excluding hydrogens is 499 g/mol. The van der Waals surface area contributed by atoms with Gasteiger partial charge in [-0.15, -0.1) is 0 Å². The molecule has 1 aliphatic rings. The minimum Gasteiger partial charge on any atom is -0.485 e. The number of pyridine rings is 1. The fourth-order valence-electron chi connectivity index (χ4n) is 4.32. The summed E-state index contributed by atoms with van der Waals surface area (Å²) in [6.45, 7) is 1.98. The van der Waals surface area contributed by atoms with Gasteiger partial charge < -0.3 is 19.5 Å². The van der Waals surface area contributed by atoms with Crippen LogP contribution in [0.25, 0.3) is 0 Å². The van der Waals surface area contributed by atoms with E-state index in [0.717, 1.165) is 18.4 Å². The third-order valence-corrected chi connectivity index (χ3v) is 6.21. The Labute approximate surface area is 218 Å². The number of carbonyl (C=O) groups excluding carboxylic acids is 1. The van der Waals surface area contributed by atoms with E-state index < -0.39 is 47.1 Å². The molecule has 1 fully saturated rings. The SMILES string of the molecule is CCOC(=O)C1CCCCC1Nc1c(F)c(F)nc(Oc2cc(C#N)ccc2OCc2ccccc2)c1F. The molecule has 198 valence electrons. The highest BCUT2D eigenvalue weighted by atomic mass is 19.2. The molecule has 0 aliphatic heterocycles. The summed E-state index contributed by atoms with van der Waals surface area (Å²) in [6, 6.07) is 14.7. The third kappa shape index (κ3) is 6.17. The molecule has 0 saturated heterocycles. The molecule has 7 nitrogen and oxygen atoms in total. The first-order valence-electron chi connectivity index (χ1n) is 12.3. The van der Waals surface area contributed by atoms with Gasteiger partial charge >= 0.3 is 5.97 Å². The molecule has 0 radical (unpaired) electrons. The zero-order valence-corrected chi connectivity index (χ0v) is 20.7. The first-order valence-corrected chi connectivity index (χ1v) is 12.3. The van der Waals surface area contributed by atoms with Crippen LogP contribution in [0.5, 0.6) is 17.4 Å². The maximum atomic E-state index is 15.5. The van der Waals surface area contributed by atoms with Crippen molar-refractivity contribution in [3.63, 3.8) is 0 Å². The lowest BCUT2D eigenvalue weighted by molar-refractivity contribution is -0.149. The molecular formula is C28H26F3N3O4. The van der Waals surface area contributed by atoms with E-state index in [-0.39, 0.29) is 30.3 Å². The van der Waals surface area contributed by atoms with Crippen LogP contribution in [0.4, 0.5) is 18.9 Å². The Morgan fingerprint density at radius 2 is 1.84 bits per heavy atom. The average molecular weight is 526 g/mol. The number of halogens is 3. The lowest BCUT2D eigenvalue weighted by Gasteiger charge is -2.31. The first-order chi connectivity index (χ1) is 18.4. The number of rotatable bonds is 9. The van der Waals surface area contributed by atoms with Gasteiger partial charge in [-0.1, -0.05) is 43.2 Å². The van der Waals surface area contributed by atoms with Crippen LogP contribution in [-0.2, 0) is 16.1 Å².